The number of hydrogen-bond donors (Lipinski definition) is 2. The second-order valence-corrected chi connectivity index (χ2v) is 11.7. The smallest absolute Gasteiger partial charge is 0.410 e. The van der Waals surface area contributed by atoms with Crippen LogP contribution < -0.4 is 16.2 Å². The number of hydrogen-bond acceptors (Lipinski definition) is 10. The molecule has 0 bridgehead atoms. The Morgan fingerprint density at radius 3 is 2.55 bits per heavy atom. The van der Waals surface area contributed by atoms with Crippen LogP contribution in [0.3, 0.4) is 0 Å². The molecule has 3 N–H and O–H groups in total. The number of esters is 1. The molecule has 0 unspecified atom stereocenters. The summed E-state index contributed by atoms with van der Waals surface area (Å²) in [5.74, 6) is -0.122. The number of carbonyl (C=O) groups is 2. The number of aromatic amines is 1. The molecule has 5 rings (SSSR count). The Morgan fingerprint density at radius 1 is 1.04 bits per heavy atom. The zero-order valence-corrected chi connectivity index (χ0v) is 27.0. The molecule has 1 aliphatic heterocycles. The van der Waals surface area contributed by atoms with Gasteiger partial charge in [-0.15, -0.1) is 0 Å². The number of methoxy groups -OCH3 is 1. The van der Waals surface area contributed by atoms with Crippen LogP contribution in [0, 0.1) is 0 Å². The molecule has 0 spiro atoms. The number of fused-ring (bicyclic) bond motifs is 1. The standard InChI is InChI=1S/C34H43N7O6/c1-3-4-19-46-32-37-30(35)29-31(38-32)41(33(43)36-29)17-8-16-39(21-25-13-11-24(12-14-25)20-28(42)45-2)27-15-18-40(22-27)34(44)47-23-26-9-6-5-7-10-26/h5-7,9-14,27H,3-4,8,15-23H2,1-2H3,(H,36,43)(H2,35,37,38)/t27-/m1/s1. The molecule has 4 aromatic rings. The first-order chi connectivity index (χ1) is 22.8. The molecule has 0 saturated carbocycles. The number of unbranched alkanes of at least 4 members (excludes halogenated alkanes) is 1. The number of aromatic nitrogens is 4. The Balaban J connectivity index is 1.27. The fourth-order valence-corrected chi connectivity index (χ4v) is 5.69. The highest BCUT2D eigenvalue weighted by Crippen LogP contribution is 2.22. The van der Waals surface area contributed by atoms with Crippen LogP contribution in [0.15, 0.2) is 59.4 Å². The third-order valence-corrected chi connectivity index (χ3v) is 8.31. The summed E-state index contributed by atoms with van der Waals surface area (Å²) in [4.78, 5) is 53.2. The quantitative estimate of drug-likeness (QED) is 0.144. The van der Waals surface area contributed by atoms with Crippen molar-refractivity contribution in [2.45, 2.75) is 64.8 Å². The van der Waals surface area contributed by atoms with E-state index in [9.17, 15) is 14.4 Å². The van der Waals surface area contributed by atoms with Gasteiger partial charge in [-0.25, -0.2) is 9.59 Å². The lowest BCUT2D eigenvalue weighted by Gasteiger charge is -2.29. The average molecular weight is 646 g/mol. The van der Waals surface area contributed by atoms with Crippen LogP contribution in [0.2, 0.25) is 0 Å². The summed E-state index contributed by atoms with van der Waals surface area (Å²) < 4.78 is 17.6. The first-order valence-corrected chi connectivity index (χ1v) is 16.1. The number of nitrogens with one attached hydrogen (secondary N) is 1. The Kier molecular flexibility index (Phi) is 11.4. The van der Waals surface area contributed by atoms with Gasteiger partial charge in [-0.3, -0.25) is 14.3 Å². The maximum Gasteiger partial charge on any atom is 0.410 e. The van der Waals surface area contributed by atoms with E-state index >= 15 is 0 Å². The molecule has 1 atom stereocenters. The van der Waals surface area contributed by atoms with Crippen molar-refractivity contribution in [1.29, 1.82) is 0 Å². The van der Waals surface area contributed by atoms with Crippen molar-refractivity contribution in [3.8, 4) is 6.01 Å². The number of nitrogen functional groups attached to an aromatic ring is 1. The van der Waals surface area contributed by atoms with Crippen LogP contribution in [0.25, 0.3) is 11.2 Å². The van der Waals surface area contributed by atoms with Crippen molar-refractivity contribution in [2.75, 3.05) is 39.1 Å². The number of carbonyl (C=O) groups excluding carboxylic acids is 2. The number of H-pyrrole nitrogens is 1. The fraction of sp³-hybridized carbons (Fsp3) is 0.441. The van der Waals surface area contributed by atoms with Crippen molar-refractivity contribution < 1.29 is 23.8 Å². The number of amides is 1. The maximum atomic E-state index is 12.9. The van der Waals surface area contributed by atoms with Gasteiger partial charge in [0.1, 0.15) is 12.1 Å². The molecule has 3 heterocycles. The Morgan fingerprint density at radius 2 is 1.81 bits per heavy atom. The minimum Gasteiger partial charge on any atom is -0.469 e. The van der Waals surface area contributed by atoms with Crippen LogP contribution in [0.5, 0.6) is 6.01 Å². The van der Waals surface area contributed by atoms with Crippen molar-refractivity contribution in [3.63, 3.8) is 0 Å². The Labute approximate surface area is 273 Å². The maximum absolute atomic E-state index is 12.9. The minimum atomic E-state index is -0.331. The molecular weight excluding hydrogens is 602 g/mol. The summed E-state index contributed by atoms with van der Waals surface area (Å²) in [7, 11) is 1.38. The summed E-state index contributed by atoms with van der Waals surface area (Å²) in [5.41, 5.74) is 9.51. The molecule has 1 aliphatic rings. The molecule has 250 valence electrons. The van der Waals surface area contributed by atoms with Crippen LogP contribution >= 0.6 is 0 Å². The molecule has 0 aliphatic carbocycles. The lowest BCUT2D eigenvalue weighted by molar-refractivity contribution is -0.139. The number of ether oxygens (including phenoxy) is 3. The summed E-state index contributed by atoms with van der Waals surface area (Å²) in [6.07, 6.45) is 3.13. The van der Waals surface area contributed by atoms with E-state index in [2.05, 4.69) is 26.8 Å². The van der Waals surface area contributed by atoms with E-state index in [-0.39, 0.29) is 48.7 Å². The van der Waals surface area contributed by atoms with E-state index in [1.54, 1.807) is 9.47 Å². The third kappa shape index (κ3) is 8.88. The normalized spacial score (nSPS) is 14.5. The number of anilines is 1. The summed E-state index contributed by atoms with van der Waals surface area (Å²) in [6.45, 7) is 5.55. The van der Waals surface area contributed by atoms with Gasteiger partial charge in [0.25, 0.3) is 0 Å². The largest absolute Gasteiger partial charge is 0.469 e. The van der Waals surface area contributed by atoms with Crippen LogP contribution in [-0.4, -0.2) is 80.8 Å². The lowest BCUT2D eigenvalue weighted by atomic mass is 10.1. The number of nitrogens with zero attached hydrogens (tertiary/aromatic N) is 5. The zero-order chi connectivity index (χ0) is 33.2. The van der Waals surface area contributed by atoms with Gasteiger partial charge in [-0.05, 0) is 36.0 Å². The lowest BCUT2D eigenvalue weighted by Crippen LogP contribution is -2.39. The first kappa shape index (κ1) is 33.5. The Bertz CT molecular complexity index is 1690. The van der Waals surface area contributed by atoms with Gasteiger partial charge in [0.15, 0.2) is 11.5 Å². The zero-order valence-electron chi connectivity index (χ0n) is 27.0. The van der Waals surface area contributed by atoms with Gasteiger partial charge >= 0.3 is 23.8 Å². The summed E-state index contributed by atoms with van der Waals surface area (Å²) in [6, 6.07) is 17.7. The predicted molar refractivity (Wildman–Crippen MR) is 177 cm³/mol. The molecule has 13 heteroatoms. The number of benzene rings is 2. The number of rotatable bonds is 15. The molecule has 13 nitrogen and oxygen atoms in total. The molecule has 2 aromatic heterocycles. The third-order valence-electron chi connectivity index (χ3n) is 8.31. The van der Waals surface area contributed by atoms with Crippen LogP contribution in [0.1, 0.15) is 49.3 Å². The van der Waals surface area contributed by atoms with E-state index in [4.69, 9.17) is 19.9 Å². The van der Waals surface area contributed by atoms with Gasteiger partial charge in [-0.2, -0.15) is 9.97 Å². The van der Waals surface area contributed by atoms with E-state index < -0.39 is 0 Å². The number of likely N-dealkylation sites (tertiary alicyclic amines) is 1. The van der Waals surface area contributed by atoms with Gasteiger partial charge in [0.05, 0.1) is 20.1 Å². The molecule has 0 radical (unpaired) electrons. The predicted octanol–water partition coefficient (Wildman–Crippen LogP) is 3.90. The van der Waals surface area contributed by atoms with E-state index in [0.717, 1.165) is 36.0 Å². The molecule has 1 saturated heterocycles. The van der Waals surface area contributed by atoms with Gasteiger partial charge in [0, 0.05) is 38.8 Å². The van der Waals surface area contributed by atoms with Crippen molar-refractivity contribution >= 4 is 29.0 Å². The fourth-order valence-electron chi connectivity index (χ4n) is 5.69. The van der Waals surface area contributed by atoms with E-state index in [1.165, 1.54) is 7.11 Å². The monoisotopic (exact) mass is 645 g/mol. The van der Waals surface area contributed by atoms with Crippen molar-refractivity contribution in [2.24, 2.45) is 0 Å². The van der Waals surface area contributed by atoms with Crippen LogP contribution in [0.4, 0.5) is 10.6 Å². The van der Waals surface area contributed by atoms with Crippen LogP contribution in [-0.2, 0) is 40.4 Å². The summed E-state index contributed by atoms with van der Waals surface area (Å²) in [5, 5.41) is 0. The van der Waals surface area contributed by atoms with Crippen molar-refractivity contribution in [1.82, 2.24) is 29.3 Å². The van der Waals surface area contributed by atoms with Crippen molar-refractivity contribution in [3.05, 3.63) is 81.8 Å². The van der Waals surface area contributed by atoms with Gasteiger partial charge in [0.2, 0.25) is 0 Å². The highest BCUT2D eigenvalue weighted by atomic mass is 16.6. The highest BCUT2D eigenvalue weighted by Gasteiger charge is 2.31. The second kappa shape index (κ2) is 16.1. The van der Waals surface area contributed by atoms with E-state index in [0.29, 0.717) is 56.9 Å². The molecule has 1 amide bonds. The Hall–Kier alpha value is -4.91. The average Bonchev–Trinajstić information content (AvgIpc) is 3.70. The number of aryl methyl sites for hydroxylation is 1. The second-order valence-electron chi connectivity index (χ2n) is 11.7. The SMILES string of the molecule is CCCCOc1nc(N)c2[nH]c(=O)n(CCCN(Cc3ccc(CC(=O)OC)cc3)[C@@H]3CCN(C(=O)OCc4ccccc4)C3)c2n1. The highest BCUT2D eigenvalue weighted by molar-refractivity contribution is 5.81. The first-order valence-electron chi connectivity index (χ1n) is 16.1. The minimum absolute atomic E-state index is 0.0882. The topological polar surface area (TPSA) is 158 Å². The molecule has 47 heavy (non-hydrogen) atoms. The molecular formula is C34H43N7O6. The van der Waals surface area contributed by atoms with Gasteiger partial charge in [-0.1, -0.05) is 67.9 Å². The summed E-state index contributed by atoms with van der Waals surface area (Å²) >= 11 is 0. The number of imidazole rings is 1. The molecule has 1 fully saturated rings. The molecule has 2 aromatic carbocycles. The van der Waals surface area contributed by atoms with E-state index in [1.807, 2.05) is 54.6 Å². The van der Waals surface area contributed by atoms with Gasteiger partial charge < -0.3 is 29.8 Å². The number of nitrogens with two attached hydrogens (primary N) is 1.